The first-order valence-corrected chi connectivity index (χ1v) is 4.08. The third-order valence-corrected chi connectivity index (χ3v) is 2.01. The summed E-state index contributed by atoms with van der Waals surface area (Å²) in [5, 5.41) is 8.96. The standard InChI is InChI=1S/C9H9N3O2/c1-12-5-11-7(8(12)9(13)14)6-2-3-10-4-6/h2-5,10H,1H3,(H,13,14). The van der Waals surface area contributed by atoms with Crippen molar-refractivity contribution >= 4 is 5.97 Å². The summed E-state index contributed by atoms with van der Waals surface area (Å²) in [6.07, 6.45) is 4.94. The lowest BCUT2D eigenvalue weighted by atomic mass is 10.2. The SMILES string of the molecule is Cn1cnc(-c2cc[nH]c2)c1C(=O)O. The van der Waals surface area contributed by atoms with E-state index >= 15 is 0 Å². The number of aromatic carboxylic acids is 1. The Labute approximate surface area is 80.0 Å². The highest BCUT2D eigenvalue weighted by atomic mass is 16.4. The number of rotatable bonds is 2. The highest BCUT2D eigenvalue weighted by Crippen LogP contribution is 2.20. The zero-order valence-electron chi connectivity index (χ0n) is 7.56. The minimum absolute atomic E-state index is 0.199. The van der Waals surface area contributed by atoms with E-state index in [0.29, 0.717) is 5.69 Å². The Kier molecular flexibility index (Phi) is 1.85. The van der Waals surface area contributed by atoms with Crippen LogP contribution in [0.4, 0.5) is 0 Å². The number of nitrogens with zero attached hydrogens (tertiary/aromatic N) is 2. The Bertz CT molecular complexity index is 456. The maximum absolute atomic E-state index is 10.9. The molecule has 2 aromatic rings. The molecular formula is C9H9N3O2. The lowest BCUT2D eigenvalue weighted by molar-refractivity contribution is 0.0687. The van der Waals surface area contributed by atoms with Crippen LogP contribution in [0.2, 0.25) is 0 Å². The van der Waals surface area contributed by atoms with Gasteiger partial charge in [0.1, 0.15) is 5.69 Å². The van der Waals surface area contributed by atoms with Gasteiger partial charge >= 0.3 is 5.97 Å². The van der Waals surface area contributed by atoms with Crippen LogP contribution in [0, 0.1) is 0 Å². The van der Waals surface area contributed by atoms with Gasteiger partial charge in [-0.05, 0) is 6.07 Å². The van der Waals surface area contributed by atoms with Crippen LogP contribution in [0.3, 0.4) is 0 Å². The van der Waals surface area contributed by atoms with Crippen molar-refractivity contribution in [2.45, 2.75) is 0 Å². The van der Waals surface area contributed by atoms with Crippen LogP contribution in [-0.4, -0.2) is 25.6 Å². The number of carboxylic acid groups (broad SMARTS) is 1. The molecule has 0 amide bonds. The molecule has 2 N–H and O–H groups in total. The Morgan fingerprint density at radius 2 is 2.43 bits per heavy atom. The lowest BCUT2D eigenvalue weighted by Gasteiger charge is -1.97. The summed E-state index contributed by atoms with van der Waals surface area (Å²) in [6.45, 7) is 0. The number of aromatic amines is 1. The Hall–Kier alpha value is -2.04. The van der Waals surface area contributed by atoms with Crippen molar-refractivity contribution in [2.75, 3.05) is 0 Å². The van der Waals surface area contributed by atoms with Gasteiger partial charge in [-0.1, -0.05) is 0 Å². The number of carboxylic acids is 1. The fraction of sp³-hybridized carbons (Fsp3) is 0.111. The zero-order chi connectivity index (χ0) is 10.1. The summed E-state index contributed by atoms with van der Waals surface area (Å²) >= 11 is 0. The molecule has 72 valence electrons. The average molecular weight is 191 g/mol. The van der Waals surface area contributed by atoms with E-state index in [2.05, 4.69) is 9.97 Å². The normalized spacial score (nSPS) is 10.4. The molecule has 14 heavy (non-hydrogen) atoms. The monoisotopic (exact) mass is 191 g/mol. The molecule has 0 aliphatic carbocycles. The fourth-order valence-corrected chi connectivity index (χ4v) is 1.36. The van der Waals surface area contributed by atoms with Crippen molar-refractivity contribution in [1.29, 1.82) is 0 Å². The molecule has 0 aromatic carbocycles. The first kappa shape index (κ1) is 8.55. The van der Waals surface area contributed by atoms with Gasteiger partial charge in [-0.2, -0.15) is 0 Å². The van der Waals surface area contributed by atoms with Crippen LogP contribution in [0.25, 0.3) is 11.3 Å². The van der Waals surface area contributed by atoms with Gasteiger partial charge in [0.05, 0.1) is 6.33 Å². The smallest absolute Gasteiger partial charge is 0.354 e. The maximum Gasteiger partial charge on any atom is 0.354 e. The van der Waals surface area contributed by atoms with E-state index in [1.807, 2.05) is 0 Å². The number of hydrogen-bond donors (Lipinski definition) is 2. The van der Waals surface area contributed by atoms with Crippen LogP contribution in [0.1, 0.15) is 10.5 Å². The van der Waals surface area contributed by atoms with Crippen molar-refractivity contribution in [3.05, 3.63) is 30.5 Å². The topological polar surface area (TPSA) is 70.9 Å². The summed E-state index contributed by atoms with van der Waals surface area (Å²) in [7, 11) is 1.66. The van der Waals surface area contributed by atoms with E-state index in [4.69, 9.17) is 5.11 Å². The molecule has 0 fully saturated rings. The second-order valence-electron chi connectivity index (χ2n) is 2.96. The summed E-state index contributed by atoms with van der Waals surface area (Å²) in [4.78, 5) is 17.8. The number of aromatic nitrogens is 3. The predicted molar refractivity (Wildman–Crippen MR) is 50.0 cm³/mol. The molecule has 0 aliphatic heterocycles. The number of nitrogens with one attached hydrogen (secondary N) is 1. The summed E-state index contributed by atoms with van der Waals surface area (Å²) in [5.41, 5.74) is 1.47. The van der Waals surface area contributed by atoms with E-state index in [9.17, 15) is 4.79 Å². The zero-order valence-corrected chi connectivity index (χ0v) is 7.56. The van der Waals surface area contributed by atoms with Gasteiger partial charge in [0.2, 0.25) is 0 Å². The van der Waals surface area contributed by atoms with E-state index in [1.54, 1.807) is 25.5 Å². The van der Waals surface area contributed by atoms with Gasteiger partial charge in [-0.25, -0.2) is 9.78 Å². The Morgan fingerprint density at radius 3 is 3.00 bits per heavy atom. The summed E-state index contributed by atoms with van der Waals surface area (Å²) < 4.78 is 1.49. The van der Waals surface area contributed by atoms with Crippen molar-refractivity contribution in [3.63, 3.8) is 0 Å². The van der Waals surface area contributed by atoms with Crippen molar-refractivity contribution in [2.24, 2.45) is 7.05 Å². The highest BCUT2D eigenvalue weighted by molar-refractivity contribution is 5.93. The first-order chi connectivity index (χ1) is 6.70. The first-order valence-electron chi connectivity index (χ1n) is 4.08. The van der Waals surface area contributed by atoms with Gasteiger partial charge < -0.3 is 14.7 Å². The van der Waals surface area contributed by atoms with E-state index in [0.717, 1.165) is 5.56 Å². The van der Waals surface area contributed by atoms with Crippen LogP contribution in [0.15, 0.2) is 24.8 Å². The van der Waals surface area contributed by atoms with Crippen LogP contribution in [-0.2, 0) is 7.05 Å². The third kappa shape index (κ3) is 1.19. The second-order valence-corrected chi connectivity index (χ2v) is 2.96. The van der Waals surface area contributed by atoms with Gasteiger partial charge in [0, 0.05) is 25.0 Å². The molecule has 0 radical (unpaired) electrons. The summed E-state index contributed by atoms with van der Waals surface area (Å²) in [6, 6.07) is 1.79. The predicted octanol–water partition coefficient (Wildman–Crippen LogP) is 1.11. The largest absolute Gasteiger partial charge is 0.477 e. The third-order valence-electron chi connectivity index (χ3n) is 2.01. The van der Waals surface area contributed by atoms with Crippen LogP contribution < -0.4 is 0 Å². The van der Waals surface area contributed by atoms with Gasteiger partial charge in [0.15, 0.2) is 5.69 Å². The molecule has 2 rings (SSSR count). The van der Waals surface area contributed by atoms with Gasteiger partial charge in [-0.3, -0.25) is 0 Å². The minimum Gasteiger partial charge on any atom is -0.477 e. The number of hydrogen-bond acceptors (Lipinski definition) is 2. The van der Waals surface area contributed by atoms with E-state index in [1.165, 1.54) is 10.9 Å². The number of carbonyl (C=O) groups is 1. The maximum atomic E-state index is 10.9. The molecule has 5 heteroatoms. The van der Waals surface area contributed by atoms with Crippen molar-refractivity contribution in [3.8, 4) is 11.3 Å². The molecule has 0 atom stereocenters. The second kappa shape index (κ2) is 3.02. The molecule has 2 aromatic heterocycles. The number of imidazole rings is 1. The molecular weight excluding hydrogens is 182 g/mol. The van der Waals surface area contributed by atoms with Crippen molar-refractivity contribution in [1.82, 2.24) is 14.5 Å². The molecule has 0 bridgehead atoms. The molecule has 5 nitrogen and oxygen atoms in total. The fourth-order valence-electron chi connectivity index (χ4n) is 1.36. The molecule has 0 saturated heterocycles. The van der Waals surface area contributed by atoms with Gasteiger partial charge in [0.25, 0.3) is 0 Å². The van der Waals surface area contributed by atoms with Crippen molar-refractivity contribution < 1.29 is 9.90 Å². The van der Waals surface area contributed by atoms with Crippen LogP contribution >= 0.6 is 0 Å². The summed E-state index contributed by atoms with van der Waals surface area (Å²) in [5.74, 6) is -0.971. The van der Waals surface area contributed by atoms with E-state index in [-0.39, 0.29) is 5.69 Å². The average Bonchev–Trinajstić information content (AvgIpc) is 2.70. The molecule has 0 aliphatic rings. The molecule has 2 heterocycles. The lowest BCUT2D eigenvalue weighted by Crippen LogP contribution is -2.05. The quantitative estimate of drug-likeness (QED) is 0.747. The Morgan fingerprint density at radius 1 is 1.64 bits per heavy atom. The number of aryl methyl sites for hydroxylation is 1. The van der Waals surface area contributed by atoms with E-state index < -0.39 is 5.97 Å². The Balaban J connectivity index is 2.60. The number of H-pyrrole nitrogens is 1. The minimum atomic E-state index is -0.971. The highest BCUT2D eigenvalue weighted by Gasteiger charge is 2.17. The van der Waals surface area contributed by atoms with Crippen LogP contribution in [0.5, 0.6) is 0 Å². The molecule has 0 unspecified atom stereocenters. The molecule has 0 saturated carbocycles. The van der Waals surface area contributed by atoms with Gasteiger partial charge in [-0.15, -0.1) is 0 Å². The molecule has 0 spiro atoms.